The van der Waals surface area contributed by atoms with Crippen LogP contribution in [-0.2, 0) is 6.18 Å². The first-order chi connectivity index (χ1) is 12.7. The molecule has 1 fully saturated rings. The van der Waals surface area contributed by atoms with Crippen LogP contribution in [0.3, 0.4) is 0 Å². The highest BCUT2D eigenvalue weighted by Crippen LogP contribution is 2.29. The Bertz CT molecular complexity index is 825. The van der Waals surface area contributed by atoms with E-state index < -0.39 is 17.6 Å². The van der Waals surface area contributed by atoms with Crippen LogP contribution in [0.25, 0.3) is 0 Å². The summed E-state index contributed by atoms with van der Waals surface area (Å²) in [4.78, 5) is 26.2. The number of amides is 2. The van der Waals surface area contributed by atoms with Gasteiger partial charge in [0.25, 0.3) is 11.8 Å². The van der Waals surface area contributed by atoms with Crippen LogP contribution in [-0.4, -0.2) is 35.8 Å². The van der Waals surface area contributed by atoms with Gasteiger partial charge in [-0.25, -0.2) is 0 Å². The van der Waals surface area contributed by atoms with Gasteiger partial charge in [0, 0.05) is 24.7 Å². The van der Waals surface area contributed by atoms with Gasteiger partial charge in [0.2, 0.25) is 0 Å². The Morgan fingerprint density at radius 1 is 1.07 bits per heavy atom. The van der Waals surface area contributed by atoms with Crippen molar-refractivity contribution < 1.29 is 27.2 Å². The molecular formula is C18H16BrF3N2O3. The third-order valence-corrected chi connectivity index (χ3v) is 4.80. The summed E-state index contributed by atoms with van der Waals surface area (Å²) < 4.78 is 43.5. The summed E-state index contributed by atoms with van der Waals surface area (Å²) in [5.74, 6) is -0.397. The summed E-state index contributed by atoms with van der Waals surface area (Å²) in [6.45, 7) is 0.907. The van der Waals surface area contributed by atoms with Crippen molar-refractivity contribution in [3.05, 3.63) is 58.0 Å². The second-order valence-corrected chi connectivity index (χ2v) is 7.00. The van der Waals surface area contributed by atoms with Gasteiger partial charge in [0.15, 0.2) is 10.4 Å². The van der Waals surface area contributed by atoms with Crippen LogP contribution < -0.4 is 5.32 Å². The van der Waals surface area contributed by atoms with E-state index in [0.29, 0.717) is 30.6 Å². The Kier molecular flexibility index (Phi) is 5.59. The summed E-state index contributed by atoms with van der Waals surface area (Å²) in [6.07, 6.45) is -3.32. The minimum atomic E-state index is -4.43. The number of nitrogens with one attached hydrogen (secondary N) is 1. The molecule has 27 heavy (non-hydrogen) atoms. The molecule has 9 heteroatoms. The van der Waals surface area contributed by atoms with E-state index in [1.807, 2.05) is 0 Å². The van der Waals surface area contributed by atoms with E-state index in [-0.39, 0.29) is 23.3 Å². The molecule has 1 aliphatic rings. The highest BCUT2D eigenvalue weighted by molar-refractivity contribution is 9.10. The van der Waals surface area contributed by atoms with Gasteiger partial charge in [0.1, 0.15) is 0 Å². The number of benzene rings is 1. The molecule has 1 aliphatic heterocycles. The van der Waals surface area contributed by atoms with Crippen LogP contribution in [0.15, 0.2) is 45.5 Å². The number of hydrogen-bond acceptors (Lipinski definition) is 3. The van der Waals surface area contributed by atoms with E-state index in [1.54, 1.807) is 17.0 Å². The number of alkyl halides is 3. The Morgan fingerprint density at radius 3 is 2.22 bits per heavy atom. The molecule has 1 saturated heterocycles. The normalized spacial score (nSPS) is 15.6. The summed E-state index contributed by atoms with van der Waals surface area (Å²) >= 11 is 3.15. The molecule has 0 unspecified atom stereocenters. The first-order valence-electron chi connectivity index (χ1n) is 8.27. The number of halogens is 4. The number of nitrogens with zero attached hydrogens (tertiary/aromatic N) is 1. The number of piperidine rings is 1. The molecule has 3 rings (SSSR count). The van der Waals surface area contributed by atoms with Crippen molar-refractivity contribution >= 4 is 27.7 Å². The maximum absolute atomic E-state index is 12.6. The van der Waals surface area contributed by atoms with E-state index in [2.05, 4.69) is 21.2 Å². The van der Waals surface area contributed by atoms with Gasteiger partial charge in [-0.1, -0.05) is 0 Å². The molecule has 5 nitrogen and oxygen atoms in total. The monoisotopic (exact) mass is 444 g/mol. The fourth-order valence-corrected chi connectivity index (χ4v) is 3.20. The molecule has 144 valence electrons. The summed E-state index contributed by atoms with van der Waals surface area (Å²) in [7, 11) is 0. The number of rotatable bonds is 3. The Labute approximate surface area is 161 Å². The van der Waals surface area contributed by atoms with Crippen molar-refractivity contribution in [2.24, 2.45) is 0 Å². The lowest BCUT2D eigenvalue weighted by molar-refractivity contribution is -0.137. The lowest BCUT2D eigenvalue weighted by Crippen LogP contribution is -2.46. The van der Waals surface area contributed by atoms with Gasteiger partial charge >= 0.3 is 6.18 Å². The molecule has 0 bridgehead atoms. The predicted octanol–water partition coefficient (Wildman–Crippen LogP) is 4.10. The summed E-state index contributed by atoms with van der Waals surface area (Å²) in [5.41, 5.74) is -0.627. The van der Waals surface area contributed by atoms with Crippen molar-refractivity contribution in [3.8, 4) is 0 Å². The Morgan fingerprint density at radius 2 is 1.70 bits per heavy atom. The standard InChI is InChI=1S/C18H16BrF3N2O3/c19-15-6-5-14(27-15)17(26)24-9-7-13(8-10-24)23-16(25)11-1-3-12(4-2-11)18(20,21)22/h1-6,13H,7-10H2,(H,23,25). The molecule has 0 saturated carbocycles. The topological polar surface area (TPSA) is 62.6 Å². The number of carbonyl (C=O) groups excluding carboxylic acids is 2. The van der Waals surface area contributed by atoms with Crippen LogP contribution in [0.1, 0.15) is 39.3 Å². The molecule has 2 heterocycles. The Balaban J connectivity index is 1.53. The number of hydrogen-bond donors (Lipinski definition) is 1. The molecule has 0 spiro atoms. The van der Waals surface area contributed by atoms with Crippen molar-refractivity contribution in [2.75, 3.05) is 13.1 Å². The van der Waals surface area contributed by atoms with Crippen LogP contribution >= 0.6 is 15.9 Å². The summed E-state index contributed by atoms with van der Waals surface area (Å²) in [6, 6.07) is 7.17. The largest absolute Gasteiger partial charge is 0.444 e. The molecule has 0 radical (unpaired) electrons. The molecule has 1 aromatic carbocycles. The maximum Gasteiger partial charge on any atom is 0.416 e. The molecule has 2 aromatic rings. The molecule has 1 aromatic heterocycles. The number of carbonyl (C=O) groups is 2. The SMILES string of the molecule is O=C(NC1CCN(C(=O)c2ccc(Br)o2)CC1)c1ccc(C(F)(F)F)cc1. The maximum atomic E-state index is 12.6. The van der Waals surface area contributed by atoms with Crippen molar-refractivity contribution in [2.45, 2.75) is 25.1 Å². The van der Waals surface area contributed by atoms with Crippen molar-refractivity contribution in [3.63, 3.8) is 0 Å². The highest BCUT2D eigenvalue weighted by Gasteiger charge is 2.30. The van der Waals surface area contributed by atoms with E-state index in [9.17, 15) is 22.8 Å². The third kappa shape index (κ3) is 4.71. The van der Waals surface area contributed by atoms with Gasteiger partial charge < -0.3 is 14.6 Å². The zero-order valence-electron chi connectivity index (χ0n) is 14.1. The van der Waals surface area contributed by atoms with Crippen molar-refractivity contribution in [1.29, 1.82) is 0 Å². The van der Waals surface area contributed by atoms with Gasteiger partial charge in [-0.05, 0) is 65.2 Å². The average molecular weight is 445 g/mol. The van der Waals surface area contributed by atoms with Crippen LogP contribution in [0, 0.1) is 0 Å². The Hall–Kier alpha value is -2.29. The lowest BCUT2D eigenvalue weighted by atomic mass is 10.0. The molecule has 2 amide bonds. The number of furan rings is 1. The van der Waals surface area contributed by atoms with Gasteiger partial charge in [-0.15, -0.1) is 0 Å². The van der Waals surface area contributed by atoms with Gasteiger partial charge in [0.05, 0.1) is 5.56 Å². The zero-order valence-corrected chi connectivity index (χ0v) is 15.6. The van der Waals surface area contributed by atoms with E-state index in [0.717, 1.165) is 24.3 Å². The quantitative estimate of drug-likeness (QED) is 0.774. The van der Waals surface area contributed by atoms with Crippen LogP contribution in [0.4, 0.5) is 13.2 Å². The first-order valence-corrected chi connectivity index (χ1v) is 9.06. The average Bonchev–Trinajstić information content (AvgIpc) is 3.07. The molecule has 1 N–H and O–H groups in total. The van der Waals surface area contributed by atoms with E-state index >= 15 is 0 Å². The zero-order chi connectivity index (χ0) is 19.6. The second-order valence-electron chi connectivity index (χ2n) is 6.22. The van der Waals surface area contributed by atoms with Crippen LogP contribution in [0.5, 0.6) is 0 Å². The summed E-state index contributed by atoms with van der Waals surface area (Å²) in [5, 5.41) is 2.81. The second kappa shape index (κ2) is 7.75. The minimum Gasteiger partial charge on any atom is -0.444 e. The van der Waals surface area contributed by atoms with E-state index in [4.69, 9.17) is 4.42 Å². The van der Waals surface area contributed by atoms with Crippen molar-refractivity contribution in [1.82, 2.24) is 10.2 Å². The predicted molar refractivity (Wildman–Crippen MR) is 94.2 cm³/mol. The van der Waals surface area contributed by atoms with E-state index in [1.165, 1.54) is 0 Å². The molecule has 0 atom stereocenters. The fourth-order valence-electron chi connectivity index (χ4n) is 2.89. The third-order valence-electron chi connectivity index (χ3n) is 4.38. The highest BCUT2D eigenvalue weighted by atomic mass is 79.9. The van der Waals surface area contributed by atoms with Gasteiger partial charge in [-0.2, -0.15) is 13.2 Å². The van der Waals surface area contributed by atoms with Crippen LogP contribution in [0.2, 0.25) is 0 Å². The fraction of sp³-hybridized carbons (Fsp3) is 0.333. The number of likely N-dealkylation sites (tertiary alicyclic amines) is 1. The minimum absolute atomic E-state index is 0.146. The molecular weight excluding hydrogens is 429 g/mol. The lowest BCUT2D eigenvalue weighted by Gasteiger charge is -2.31. The first kappa shape index (κ1) is 19.5. The molecule has 0 aliphatic carbocycles. The van der Waals surface area contributed by atoms with Gasteiger partial charge in [-0.3, -0.25) is 9.59 Å². The smallest absolute Gasteiger partial charge is 0.416 e.